The lowest BCUT2D eigenvalue weighted by Gasteiger charge is -2.20. The highest BCUT2D eigenvalue weighted by Crippen LogP contribution is 2.36. The third-order valence-electron chi connectivity index (χ3n) is 3.77. The van der Waals surface area contributed by atoms with E-state index in [0.29, 0.717) is 5.56 Å². The molecule has 0 aromatic heterocycles. The first-order valence-corrected chi connectivity index (χ1v) is 6.87. The van der Waals surface area contributed by atoms with E-state index in [1.165, 1.54) is 5.56 Å². The van der Waals surface area contributed by atoms with Crippen molar-refractivity contribution in [2.75, 3.05) is 0 Å². The van der Waals surface area contributed by atoms with Gasteiger partial charge in [-0.3, -0.25) is 0 Å². The van der Waals surface area contributed by atoms with E-state index in [4.69, 9.17) is 4.74 Å². The zero-order valence-electron chi connectivity index (χ0n) is 12.0. The number of benzene rings is 2. The van der Waals surface area contributed by atoms with Crippen molar-refractivity contribution in [2.24, 2.45) is 0 Å². The zero-order valence-corrected chi connectivity index (χ0v) is 12.0. The van der Waals surface area contributed by atoms with Crippen LogP contribution in [0.4, 0.5) is 0 Å². The highest BCUT2D eigenvalue weighted by atomic mass is 16.5. The summed E-state index contributed by atoms with van der Waals surface area (Å²) in [6, 6.07) is 15.9. The maximum atomic E-state index is 11.9. The first kappa shape index (κ1) is 12.9. The van der Waals surface area contributed by atoms with Gasteiger partial charge >= 0.3 is 5.97 Å². The van der Waals surface area contributed by atoms with Crippen LogP contribution in [0.2, 0.25) is 0 Å². The van der Waals surface area contributed by atoms with Crippen molar-refractivity contribution in [1.29, 1.82) is 0 Å². The minimum absolute atomic E-state index is 0.128. The van der Waals surface area contributed by atoms with Crippen LogP contribution in [0, 0.1) is 0 Å². The molecule has 1 heterocycles. The molecule has 0 aliphatic carbocycles. The summed E-state index contributed by atoms with van der Waals surface area (Å²) in [4.78, 5) is 11.9. The Labute approximate surface area is 119 Å². The summed E-state index contributed by atoms with van der Waals surface area (Å²) in [5, 5.41) is 0. The number of fused-ring (bicyclic) bond motifs is 1. The molecule has 1 aliphatic rings. The smallest absolute Gasteiger partial charge is 0.339 e. The van der Waals surface area contributed by atoms with Gasteiger partial charge in [-0.25, -0.2) is 4.79 Å². The number of hydrogen-bond acceptors (Lipinski definition) is 2. The van der Waals surface area contributed by atoms with Gasteiger partial charge < -0.3 is 4.74 Å². The summed E-state index contributed by atoms with van der Waals surface area (Å²) in [5.74, 6) is -0.231. The molecule has 2 aromatic rings. The second-order valence-corrected chi connectivity index (χ2v) is 6.24. The lowest BCUT2D eigenvalue weighted by atomic mass is 9.86. The Kier molecular flexibility index (Phi) is 2.89. The van der Waals surface area contributed by atoms with Crippen LogP contribution in [0.3, 0.4) is 0 Å². The van der Waals surface area contributed by atoms with Crippen LogP contribution in [-0.4, -0.2) is 5.97 Å². The van der Waals surface area contributed by atoms with Crippen LogP contribution in [0.25, 0.3) is 0 Å². The van der Waals surface area contributed by atoms with Gasteiger partial charge in [-0.05, 0) is 22.6 Å². The van der Waals surface area contributed by atoms with Crippen LogP contribution < -0.4 is 0 Å². The highest BCUT2D eigenvalue weighted by Gasteiger charge is 2.31. The summed E-state index contributed by atoms with van der Waals surface area (Å²) >= 11 is 0. The monoisotopic (exact) mass is 266 g/mol. The van der Waals surface area contributed by atoms with Gasteiger partial charge in [0.25, 0.3) is 0 Å². The largest absolute Gasteiger partial charge is 0.449 e. The number of carbonyl (C=O) groups is 1. The maximum Gasteiger partial charge on any atom is 0.339 e. The van der Waals surface area contributed by atoms with Gasteiger partial charge in [0.05, 0.1) is 5.56 Å². The standard InChI is InChI=1S/C18H18O2/c1-18(2,3)13-10-8-12(9-11-13)16-14-6-4-5-7-15(14)17(19)20-16/h4-11,16H,1-3H3/t16-/m0/s1. The Morgan fingerprint density at radius 3 is 2.25 bits per heavy atom. The first-order chi connectivity index (χ1) is 9.47. The number of esters is 1. The summed E-state index contributed by atoms with van der Waals surface area (Å²) < 4.78 is 5.50. The van der Waals surface area contributed by atoms with Gasteiger partial charge in [0.2, 0.25) is 0 Å². The first-order valence-electron chi connectivity index (χ1n) is 6.87. The van der Waals surface area contributed by atoms with Crippen LogP contribution in [0.15, 0.2) is 48.5 Å². The quantitative estimate of drug-likeness (QED) is 0.721. The molecule has 1 aliphatic heterocycles. The van der Waals surface area contributed by atoms with Crippen LogP contribution in [0.5, 0.6) is 0 Å². The lowest BCUT2D eigenvalue weighted by molar-refractivity contribution is 0.0456. The topological polar surface area (TPSA) is 26.3 Å². The molecule has 2 aromatic carbocycles. The van der Waals surface area contributed by atoms with Crippen LogP contribution >= 0.6 is 0 Å². The average molecular weight is 266 g/mol. The molecule has 0 unspecified atom stereocenters. The van der Waals surface area contributed by atoms with Crippen LogP contribution in [-0.2, 0) is 10.2 Å². The summed E-state index contributed by atoms with van der Waals surface area (Å²) in [7, 11) is 0. The van der Waals surface area contributed by atoms with E-state index < -0.39 is 0 Å². The number of carbonyl (C=O) groups excluding carboxylic acids is 1. The molecule has 0 spiro atoms. The van der Waals surface area contributed by atoms with Crippen molar-refractivity contribution >= 4 is 5.97 Å². The molecule has 0 bridgehead atoms. The summed E-state index contributed by atoms with van der Waals surface area (Å²) in [6.07, 6.45) is -0.271. The third-order valence-corrected chi connectivity index (χ3v) is 3.77. The van der Waals surface area contributed by atoms with Crippen molar-refractivity contribution < 1.29 is 9.53 Å². The average Bonchev–Trinajstić information content (AvgIpc) is 2.76. The number of cyclic esters (lactones) is 1. The molecule has 0 N–H and O–H groups in total. The Balaban J connectivity index is 1.97. The minimum Gasteiger partial charge on any atom is -0.449 e. The Hall–Kier alpha value is -2.09. The van der Waals surface area contributed by atoms with E-state index in [9.17, 15) is 4.79 Å². The van der Waals surface area contributed by atoms with Crippen molar-refractivity contribution in [2.45, 2.75) is 32.3 Å². The maximum absolute atomic E-state index is 11.9. The molecule has 0 saturated heterocycles. The molecule has 102 valence electrons. The molecule has 0 fully saturated rings. The van der Waals surface area contributed by atoms with Crippen molar-refractivity contribution in [3.05, 3.63) is 70.8 Å². The van der Waals surface area contributed by atoms with Crippen molar-refractivity contribution in [3.8, 4) is 0 Å². The van der Waals surface area contributed by atoms with E-state index >= 15 is 0 Å². The van der Waals surface area contributed by atoms with E-state index in [0.717, 1.165) is 11.1 Å². The SMILES string of the molecule is CC(C)(C)c1ccc([C@@H]2OC(=O)c3ccccc32)cc1. The second kappa shape index (κ2) is 4.48. The zero-order chi connectivity index (χ0) is 14.3. The predicted octanol–water partition coefficient (Wildman–Crippen LogP) is 4.24. The molecule has 2 nitrogen and oxygen atoms in total. The molecule has 0 amide bonds. The lowest BCUT2D eigenvalue weighted by Crippen LogP contribution is -2.11. The number of rotatable bonds is 1. The molecule has 3 rings (SSSR count). The van der Waals surface area contributed by atoms with E-state index in [-0.39, 0.29) is 17.5 Å². The second-order valence-electron chi connectivity index (χ2n) is 6.24. The van der Waals surface area contributed by atoms with Gasteiger partial charge in [-0.2, -0.15) is 0 Å². The normalized spacial score (nSPS) is 17.8. The Bertz CT molecular complexity index is 648. The highest BCUT2D eigenvalue weighted by molar-refractivity contribution is 5.94. The summed E-state index contributed by atoms with van der Waals surface area (Å²) in [6.45, 7) is 6.56. The van der Waals surface area contributed by atoms with E-state index in [2.05, 4.69) is 45.0 Å². The molecule has 2 heteroatoms. The van der Waals surface area contributed by atoms with E-state index in [1.54, 1.807) is 0 Å². The molecule has 0 saturated carbocycles. The molecule has 0 radical (unpaired) electrons. The number of ether oxygens (including phenoxy) is 1. The third kappa shape index (κ3) is 2.11. The van der Waals surface area contributed by atoms with Crippen LogP contribution in [0.1, 0.15) is 53.9 Å². The molecule has 20 heavy (non-hydrogen) atoms. The minimum atomic E-state index is -0.271. The molecular weight excluding hydrogens is 248 g/mol. The fourth-order valence-electron chi connectivity index (χ4n) is 2.55. The van der Waals surface area contributed by atoms with E-state index in [1.807, 2.05) is 24.3 Å². The summed E-state index contributed by atoms with van der Waals surface area (Å²) in [5.41, 5.74) is 4.07. The van der Waals surface area contributed by atoms with Gasteiger partial charge in [-0.1, -0.05) is 63.2 Å². The van der Waals surface area contributed by atoms with Gasteiger partial charge in [0, 0.05) is 5.56 Å². The number of hydrogen-bond donors (Lipinski definition) is 0. The van der Waals surface area contributed by atoms with Gasteiger partial charge in [0.15, 0.2) is 6.10 Å². The predicted molar refractivity (Wildman–Crippen MR) is 78.8 cm³/mol. The van der Waals surface area contributed by atoms with Gasteiger partial charge in [-0.15, -0.1) is 0 Å². The molecule has 1 atom stereocenters. The van der Waals surface area contributed by atoms with Gasteiger partial charge in [0.1, 0.15) is 0 Å². The fourth-order valence-corrected chi connectivity index (χ4v) is 2.55. The van der Waals surface area contributed by atoms with Crippen molar-refractivity contribution in [3.63, 3.8) is 0 Å². The molecular formula is C18H18O2. The van der Waals surface area contributed by atoms with Crippen molar-refractivity contribution in [1.82, 2.24) is 0 Å². The Morgan fingerprint density at radius 2 is 1.60 bits per heavy atom. The Morgan fingerprint density at radius 1 is 0.950 bits per heavy atom. The fraction of sp³-hybridized carbons (Fsp3) is 0.278.